The van der Waals surface area contributed by atoms with Crippen LogP contribution in [0.2, 0.25) is 0 Å². The van der Waals surface area contributed by atoms with Crippen LogP contribution in [0.5, 0.6) is 0 Å². The summed E-state index contributed by atoms with van der Waals surface area (Å²) in [7, 11) is 0. The van der Waals surface area contributed by atoms with Crippen molar-refractivity contribution < 1.29 is 14.5 Å². The summed E-state index contributed by atoms with van der Waals surface area (Å²) in [5.74, 6) is -0.247. The number of nitrogens with one attached hydrogen (secondary N) is 1. The molecule has 1 fully saturated rings. The van der Waals surface area contributed by atoms with E-state index in [1.807, 2.05) is 30.3 Å². The van der Waals surface area contributed by atoms with E-state index < -0.39 is 4.92 Å². The first kappa shape index (κ1) is 19.3. The molecule has 1 aliphatic rings. The Balaban J connectivity index is 1.49. The van der Waals surface area contributed by atoms with E-state index in [9.17, 15) is 19.7 Å². The number of likely N-dealkylation sites (tertiary alicyclic amines) is 1. The molecule has 0 saturated carbocycles. The topological polar surface area (TPSA) is 92.6 Å². The van der Waals surface area contributed by atoms with Crippen molar-refractivity contribution in [2.24, 2.45) is 5.92 Å². The number of non-ortho nitro benzene ring substituents is 1. The number of para-hydroxylation sites is 1. The molecule has 0 atom stereocenters. The number of carbonyl (C=O) groups excluding carboxylic acids is 2. The summed E-state index contributed by atoms with van der Waals surface area (Å²) in [5, 5.41) is 13.6. The fourth-order valence-electron chi connectivity index (χ4n) is 3.11. The summed E-state index contributed by atoms with van der Waals surface area (Å²) in [4.78, 5) is 36.6. The molecule has 2 aromatic rings. The SMILES string of the molecule is O=C(Nc1ccccc1)C1CCN(C(=O)C=Cc2ccc([N+](=O)[O-])cc2)CC1. The number of nitro benzene ring substituents is 1. The minimum absolute atomic E-state index is 0.0133. The Kier molecular flexibility index (Phi) is 6.16. The van der Waals surface area contributed by atoms with Crippen LogP contribution in [-0.4, -0.2) is 34.7 Å². The Morgan fingerprint density at radius 1 is 1.04 bits per heavy atom. The highest BCUT2D eigenvalue weighted by Crippen LogP contribution is 2.20. The van der Waals surface area contributed by atoms with Gasteiger partial charge in [0.2, 0.25) is 11.8 Å². The van der Waals surface area contributed by atoms with Crippen molar-refractivity contribution in [2.45, 2.75) is 12.8 Å². The molecule has 0 bridgehead atoms. The zero-order valence-corrected chi connectivity index (χ0v) is 15.3. The smallest absolute Gasteiger partial charge is 0.269 e. The van der Waals surface area contributed by atoms with Gasteiger partial charge >= 0.3 is 0 Å². The molecule has 0 aromatic heterocycles. The van der Waals surface area contributed by atoms with Crippen LogP contribution in [0.4, 0.5) is 11.4 Å². The van der Waals surface area contributed by atoms with E-state index in [-0.39, 0.29) is 23.4 Å². The van der Waals surface area contributed by atoms with E-state index in [0.29, 0.717) is 25.9 Å². The molecule has 0 spiro atoms. The molecule has 1 aliphatic heterocycles. The van der Waals surface area contributed by atoms with Gasteiger partial charge in [-0.05, 0) is 48.7 Å². The number of piperidine rings is 1. The monoisotopic (exact) mass is 379 g/mol. The summed E-state index contributed by atoms with van der Waals surface area (Å²) >= 11 is 0. The Bertz CT molecular complexity index is 870. The molecule has 144 valence electrons. The Labute approximate surface area is 162 Å². The second-order valence-corrected chi connectivity index (χ2v) is 6.64. The van der Waals surface area contributed by atoms with Crippen LogP contribution in [0.3, 0.4) is 0 Å². The molecule has 1 heterocycles. The molecule has 1 saturated heterocycles. The third-order valence-electron chi connectivity index (χ3n) is 4.74. The lowest BCUT2D eigenvalue weighted by atomic mass is 9.95. The summed E-state index contributed by atoms with van der Waals surface area (Å²) in [6, 6.07) is 15.3. The zero-order chi connectivity index (χ0) is 19.9. The summed E-state index contributed by atoms with van der Waals surface area (Å²) < 4.78 is 0. The van der Waals surface area contributed by atoms with Gasteiger partial charge in [0, 0.05) is 42.9 Å². The Hall–Kier alpha value is -3.48. The van der Waals surface area contributed by atoms with E-state index in [1.54, 1.807) is 23.1 Å². The number of anilines is 1. The van der Waals surface area contributed by atoms with E-state index in [4.69, 9.17) is 0 Å². The first-order valence-corrected chi connectivity index (χ1v) is 9.10. The predicted octanol–water partition coefficient (Wildman–Crippen LogP) is 3.49. The molecule has 0 radical (unpaired) electrons. The van der Waals surface area contributed by atoms with E-state index in [0.717, 1.165) is 11.3 Å². The van der Waals surface area contributed by atoms with Gasteiger partial charge in [-0.3, -0.25) is 19.7 Å². The second kappa shape index (κ2) is 8.94. The number of nitrogens with zero attached hydrogens (tertiary/aromatic N) is 2. The normalized spacial score (nSPS) is 14.8. The minimum Gasteiger partial charge on any atom is -0.339 e. The molecular formula is C21H21N3O4. The third-order valence-corrected chi connectivity index (χ3v) is 4.74. The molecule has 1 N–H and O–H groups in total. The van der Waals surface area contributed by atoms with Crippen molar-refractivity contribution in [1.82, 2.24) is 4.90 Å². The molecular weight excluding hydrogens is 358 g/mol. The lowest BCUT2D eigenvalue weighted by Gasteiger charge is -2.30. The standard InChI is InChI=1S/C21H21N3O4/c25-20(11-8-16-6-9-19(10-7-16)24(27)28)23-14-12-17(13-15-23)21(26)22-18-4-2-1-3-5-18/h1-11,17H,12-15H2,(H,22,26). The molecule has 2 amide bonds. The van der Waals surface area contributed by atoms with Gasteiger partial charge in [0.1, 0.15) is 0 Å². The molecule has 2 aromatic carbocycles. The largest absolute Gasteiger partial charge is 0.339 e. The van der Waals surface area contributed by atoms with Crippen molar-refractivity contribution in [2.75, 3.05) is 18.4 Å². The summed E-state index contributed by atoms with van der Waals surface area (Å²) in [6.07, 6.45) is 4.34. The number of amides is 2. The summed E-state index contributed by atoms with van der Waals surface area (Å²) in [6.45, 7) is 1.05. The van der Waals surface area contributed by atoms with Crippen LogP contribution in [-0.2, 0) is 9.59 Å². The van der Waals surface area contributed by atoms with Gasteiger partial charge in [0.25, 0.3) is 5.69 Å². The maximum absolute atomic E-state index is 12.4. The molecule has 28 heavy (non-hydrogen) atoms. The van der Waals surface area contributed by atoms with E-state index >= 15 is 0 Å². The van der Waals surface area contributed by atoms with Crippen LogP contribution in [0.1, 0.15) is 18.4 Å². The highest BCUT2D eigenvalue weighted by atomic mass is 16.6. The van der Waals surface area contributed by atoms with Gasteiger partial charge in [-0.1, -0.05) is 18.2 Å². The minimum atomic E-state index is -0.462. The maximum Gasteiger partial charge on any atom is 0.269 e. The third kappa shape index (κ3) is 5.03. The van der Waals surface area contributed by atoms with Crippen molar-refractivity contribution >= 4 is 29.3 Å². The fraction of sp³-hybridized carbons (Fsp3) is 0.238. The van der Waals surface area contributed by atoms with Gasteiger partial charge in [0.05, 0.1) is 4.92 Å². The van der Waals surface area contributed by atoms with Crippen molar-refractivity contribution in [3.8, 4) is 0 Å². The molecule has 3 rings (SSSR count). The van der Waals surface area contributed by atoms with Crippen LogP contribution in [0.25, 0.3) is 6.08 Å². The first-order valence-electron chi connectivity index (χ1n) is 9.10. The van der Waals surface area contributed by atoms with Crippen LogP contribution in [0.15, 0.2) is 60.7 Å². The van der Waals surface area contributed by atoms with Crippen molar-refractivity contribution in [3.63, 3.8) is 0 Å². The van der Waals surface area contributed by atoms with Crippen molar-refractivity contribution in [3.05, 3.63) is 76.4 Å². The lowest BCUT2D eigenvalue weighted by Crippen LogP contribution is -2.40. The van der Waals surface area contributed by atoms with Crippen LogP contribution < -0.4 is 5.32 Å². The number of rotatable bonds is 5. The first-order chi connectivity index (χ1) is 13.5. The summed E-state index contributed by atoms with van der Waals surface area (Å²) in [5.41, 5.74) is 1.51. The number of carbonyl (C=O) groups is 2. The average Bonchev–Trinajstić information content (AvgIpc) is 2.73. The van der Waals surface area contributed by atoms with Gasteiger partial charge in [-0.2, -0.15) is 0 Å². The van der Waals surface area contributed by atoms with Gasteiger partial charge in [-0.25, -0.2) is 0 Å². The van der Waals surface area contributed by atoms with Gasteiger partial charge in [0.15, 0.2) is 0 Å². The molecule has 0 aliphatic carbocycles. The molecule has 7 heteroatoms. The fourth-order valence-corrected chi connectivity index (χ4v) is 3.11. The number of benzene rings is 2. The lowest BCUT2D eigenvalue weighted by molar-refractivity contribution is -0.384. The van der Waals surface area contributed by atoms with Crippen LogP contribution in [0, 0.1) is 16.0 Å². The Morgan fingerprint density at radius 3 is 2.29 bits per heavy atom. The average molecular weight is 379 g/mol. The quantitative estimate of drug-likeness (QED) is 0.489. The highest BCUT2D eigenvalue weighted by molar-refractivity contribution is 5.94. The van der Waals surface area contributed by atoms with Gasteiger partial charge in [-0.15, -0.1) is 0 Å². The Morgan fingerprint density at radius 2 is 1.68 bits per heavy atom. The molecule has 0 unspecified atom stereocenters. The van der Waals surface area contributed by atoms with Gasteiger partial charge < -0.3 is 10.2 Å². The number of nitro groups is 1. The maximum atomic E-state index is 12.4. The predicted molar refractivity (Wildman–Crippen MR) is 107 cm³/mol. The number of hydrogen-bond donors (Lipinski definition) is 1. The number of hydrogen-bond acceptors (Lipinski definition) is 4. The van der Waals surface area contributed by atoms with Crippen molar-refractivity contribution in [1.29, 1.82) is 0 Å². The zero-order valence-electron chi connectivity index (χ0n) is 15.3. The van der Waals surface area contributed by atoms with Crippen LogP contribution >= 0.6 is 0 Å². The second-order valence-electron chi connectivity index (χ2n) is 6.64. The van der Waals surface area contributed by atoms with E-state index in [2.05, 4.69) is 5.32 Å². The molecule has 7 nitrogen and oxygen atoms in total. The van der Waals surface area contributed by atoms with E-state index in [1.165, 1.54) is 18.2 Å². The highest BCUT2D eigenvalue weighted by Gasteiger charge is 2.26.